The van der Waals surface area contributed by atoms with Crippen molar-refractivity contribution in [2.45, 2.75) is 19.8 Å². The molecule has 28 heavy (non-hydrogen) atoms. The third-order valence-corrected chi connectivity index (χ3v) is 5.85. The third-order valence-electron chi connectivity index (χ3n) is 5.85. The van der Waals surface area contributed by atoms with E-state index in [0.717, 1.165) is 30.8 Å². The number of aryl methyl sites for hydroxylation is 1. The van der Waals surface area contributed by atoms with Gasteiger partial charge in [0.1, 0.15) is 0 Å². The Hall–Kier alpha value is -2.82. The summed E-state index contributed by atoms with van der Waals surface area (Å²) in [7, 11) is 0. The third kappa shape index (κ3) is 3.61. The van der Waals surface area contributed by atoms with Crippen LogP contribution in [0.3, 0.4) is 0 Å². The fourth-order valence-electron chi connectivity index (χ4n) is 4.26. The van der Waals surface area contributed by atoms with Crippen molar-refractivity contribution in [2.75, 3.05) is 42.5 Å². The molecule has 2 aliphatic heterocycles. The second-order valence-corrected chi connectivity index (χ2v) is 7.54. The number of carbonyl (C=O) groups excluding carboxylic acids is 2. The van der Waals surface area contributed by atoms with E-state index in [-0.39, 0.29) is 17.7 Å². The van der Waals surface area contributed by atoms with Crippen molar-refractivity contribution in [3.8, 4) is 0 Å². The van der Waals surface area contributed by atoms with Gasteiger partial charge in [-0.15, -0.1) is 0 Å². The second kappa shape index (κ2) is 8.05. The van der Waals surface area contributed by atoms with Gasteiger partial charge in [0.15, 0.2) is 0 Å². The quantitative estimate of drug-likeness (QED) is 0.823. The first-order valence-corrected chi connectivity index (χ1v) is 10.1. The lowest BCUT2D eigenvalue weighted by Gasteiger charge is -2.37. The number of carbonyl (C=O) groups is 2. The molecule has 0 saturated carbocycles. The molecule has 146 valence electrons. The number of anilines is 2. The Balaban J connectivity index is 1.39. The van der Waals surface area contributed by atoms with Crippen LogP contribution in [0.5, 0.6) is 0 Å². The van der Waals surface area contributed by atoms with E-state index in [2.05, 4.69) is 30.0 Å². The lowest BCUT2D eigenvalue weighted by molar-refractivity contribution is -0.136. The van der Waals surface area contributed by atoms with Gasteiger partial charge in [-0.05, 0) is 30.2 Å². The summed E-state index contributed by atoms with van der Waals surface area (Å²) in [6.07, 6.45) is 1.19. The number of piperazine rings is 1. The number of rotatable bonds is 4. The maximum atomic E-state index is 13.0. The highest BCUT2D eigenvalue weighted by Crippen LogP contribution is 2.29. The van der Waals surface area contributed by atoms with E-state index in [4.69, 9.17) is 0 Å². The number of nitrogens with zero attached hydrogens (tertiary/aromatic N) is 3. The maximum absolute atomic E-state index is 13.0. The summed E-state index contributed by atoms with van der Waals surface area (Å²) in [5.41, 5.74) is 3.31. The van der Waals surface area contributed by atoms with E-state index >= 15 is 0 Å². The molecule has 2 fully saturated rings. The summed E-state index contributed by atoms with van der Waals surface area (Å²) >= 11 is 0. The molecule has 0 aromatic heterocycles. The molecule has 2 aromatic carbocycles. The Bertz CT molecular complexity index is 844. The zero-order valence-corrected chi connectivity index (χ0v) is 16.4. The van der Waals surface area contributed by atoms with Gasteiger partial charge >= 0.3 is 0 Å². The lowest BCUT2D eigenvalue weighted by Crippen LogP contribution is -2.50. The van der Waals surface area contributed by atoms with Gasteiger partial charge in [-0.1, -0.05) is 43.3 Å². The molecule has 0 bridgehead atoms. The van der Waals surface area contributed by atoms with Gasteiger partial charge < -0.3 is 14.7 Å². The van der Waals surface area contributed by atoms with Crippen molar-refractivity contribution >= 4 is 23.2 Å². The Morgan fingerprint density at radius 2 is 1.64 bits per heavy atom. The fourth-order valence-corrected chi connectivity index (χ4v) is 4.26. The minimum Gasteiger partial charge on any atom is -0.368 e. The molecule has 2 saturated heterocycles. The van der Waals surface area contributed by atoms with E-state index in [1.54, 1.807) is 0 Å². The molecule has 0 spiro atoms. The van der Waals surface area contributed by atoms with Crippen molar-refractivity contribution in [2.24, 2.45) is 5.92 Å². The summed E-state index contributed by atoms with van der Waals surface area (Å²) in [5.74, 6) is -0.0552. The number of hydrogen-bond donors (Lipinski definition) is 0. The van der Waals surface area contributed by atoms with Gasteiger partial charge in [-0.3, -0.25) is 9.59 Å². The minimum atomic E-state index is -0.235. The Labute approximate surface area is 166 Å². The van der Waals surface area contributed by atoms with Gasteiger partial charge in [-0.2, -0.15) is 0 Å². The van der Waals surface area contributed by atoms with Crippen LogP contribution in [0.15, 0.2) is 54.6 Å². The molecular weight excluding hydrogens is 350 g/mol. The average molecular weight is 377 g/mol. The first kappa shape index (κ1) is 18.5. The summed E-state index contributed by atoms with van der Waals surface area (Å²) in [5, 5.41) is 0. The summed E-state index contributed by atoms with van der Waals surface area (Å²) in [4.78, 5) is 31.7. The summed E-state index contributed by atoms with van der Waals surface area (Å²) in [6, 6.07) is 18.3. The molecule has 2 amide bonds. The van der Waals surface area contributed by atoms with Crippen LogP contribution in [0, 0.1) is 5.92 Å². The molecule has 5 heteroatoms. The number of hydrogen-bond acceptors (Lipinski definition) is 3. The number of benzene rings is 2. The fraction of sp³-hybridized carbons (Fsp3) is 0.391. The summed E-state index contributed by atoms with van der Waals surface area (Å²) in [6.45, 7) is 5.67. The van der Waals surface area contributed by atoms with Crippen LogP contribution in [-0.4, -0.2) is 49.4 Å². The first-order chi connectivity index (χ1) is 13.7. The van der Waals surface area contributed by atoms with Gasteiger partial charge in [0.25, 0.3) is 0 Å². The van der Waals surface area contributed by atoms with E-state index < -0.39 is 0 Å². The lowest BCUT2D eigenvalue weighted by atomic mass is 10.1. The highest BCUT2D eigenvalue weighted by atomic mass is 16.2. The Morgan fingerprint density at radius 3 is 2.36 bits per heavy atom. The average Bonchev–Trinajstić information content (AvgIpc) is 3.15. The van der Waals surface area contributed by atoms with Crippen molar-refractivity contribution in [1.29, 1.82) is 0 Å². The number of amides is 2. The van der Waals surface area contributed by atoms with Crippen LogP contribution in [-0.2, 0) is 16.0 Å². The highest BCUT2D eigenvalue weighted by molar-refractivity contribution is 6.00. The van der Waals surface area contributed by atoms with Gasteiger partial charge in [-0.25, -0.2) is 0 Å². The van der Waals surface area contributed by atoms with E-state index in [1.165, 1.54) is 5.69 Å². The van der Waals surface area contributed by atoms with Crippen LogP contribution < -0.4 is 9.80 Å². The van der Waals surface area contributed by atoms with Crippen molar-refractivity contribution in [3.63, 3.8) is 0 Å². The normalized spacial score (nSPS) is 20.0. The highest BCUT2D eigenvalue weighted by Gasteiger charge is 2.38. The molecular formula is C23H27N3O2. The smallest absolute Gasteiger partial charge is 0.228 e. The first-order valence-electron chi connectivity index (χ1n) is 10.1. The van der Waals surface area contributed by atoms with Gasteiger partial charge in [0.05, 0.1) is 5.92 Å². The van der Waals surface area contributed by atoms with E-state index in [9.17, 15) is 9.59 Å². The molecule has 4 rings (SSSR count). The molecule has 0 aliphatic carbocycles. The van der Waals surface area contributed by atoms with Crippen molar-refractivity contribution in [3.05, 3.63) is 60.2 Å². The van der Waals surface area contributed by atoms with Crippen molar-refractivity contribution < 1.29 is 9.59 Å². The van der Waals surface area contributed by atoms with Crippen LogP contribution in [0.4, 0.5) is 11.4 Å². The van der Waals surface area contributed by atoms with Gasteiger partial charge in [0, 0.05) is 50.5 Å². The predicted octanol–water partition coefficient (Wildman–Crippen LogP) is 2.95. The number of para-hydroxylation sites is 2. The largest absolute Gasteiger partial charge is 0.368 e. The Morgan fingerprint density at radius 1 is 0.964 bits per heavy atom. The topological polar surface area (TPSA) is 43.9 Å². The summed E-state index contributed by atoms with van der Waals surface area (Å²) < 4.78 is 0. The molecule has 2 aromatic rings. The molecule has 1 unspecified atom stereocenters. The SMILES string of the molecule is CCc1ccccc1N1CC(C(=O)N2CCN(c3ccccc3)CC2)CC1=O. The standard InChI is InChI=1S/C23H27N3O2/c1-2-18-8-6-7-11-21(18)26-17-19(16-22(26)27)23(28)25-14-12-24(13-15-25)20-9-4-3-5-10-20/h3-11,19H,2,12-17H2,1H3. The van der Waals surface area contributed by atoms with Crippen LogP contribution >= 0.6 is 0 Å². The molecule has 2 heterocycles. The zero-order valence-electron chi connectivity index (χ0n) is 16.4. The van der Waals surface area contributed by atoms with E-state index in [1.807, 2.05) is 46.2 Å². The van der Waals surface area contributed by atoms with Crippen LogP contribution in [0.2, 0.25) is 0 Å². The van der Waals surface area contributed by atoms with Crippen LogP contribution in [0.1, 0.15) is 18.9 Å². The molecule has 1 atom stereocenters. The second-order valence-electron chi connectivity index (χ2n) is 7.54. The molecule has 0 radical (unpaired) electrons. The molecule has 0 N–H and O–H groups in total. The monoisotopic (exact) mass is 377 g/mol. The predicted molar refractivity (Wildman–Crippen MR) is 112 cm³/mol. The maximum Gasteiger partial charge on any atom is 0.228 e. The van der Waals surface area contributed by atoms with Crippen LogP contribution in [0.25, 0.3) is 0 Å². The zero-order chi connectivity index (χ0) is 19.5. The van der Waals surface area contributed by atoms with E-state index in [0.29, 0.717) is 26.1 Å². The minimum absolute atomic E-state index is 0.0576. The Kier molecular flexibility index (Phi) is 5.33. The molecule has 2 aliphatic rings. The van der Waals surface area contributed by atoms with Gasteiger partial charge in [0.2, 0.25) is 11.8 Å². The van der Waals surface area contributed by atoms with Crippen molar-refractivity contribution in [1.82, 2.24) is 4.90 Å². The molecule has 5 nitrogen and oxygen atoms in total.